The van der Waals surface area contributed by atoms with Crippen molar-refractivity contribution in [1.29, 1.82) is 0 Å². The van der Waals surface area contributed by atoms with Crippen LogP contribution in [0.1, 0.15) is 30.1 Å². The van der Waals surface area contributed by atoms with Gasteiger partial charge in [-0.05, 0) is 36.6 Å². The van der Waals surface area contributed by atoms with Crippen molar-refractivity contribution in [1.82, 2.24) is 5.32 Å². The number of benzene rings is 1. The van der Waals surface area contributed by atoms with E-state index in [1.165, 1.54) is 22.9 Å². The fraction of sp³-hybridized carbons (Fsp3) is 0.375. The van der Waals surface area contributed by atoms with Crippen LogP contribution in [0.15, 0.2) is 51.6 Å². The number of hydrogen-bond donors (Lipinski definition) is 1. The molecule has 0 aliphatic heterocycles. The fourth-order valence-electron chi connectivity index (χ4n) is 2.37. The Balaban J connectivity index is 1.76. The van der Waals surface area contributed by atoms with Gasteiger partial charge in [0.15, 0.2) is 0 Å². The van der Waals surface area contributed by atoms with Gasteiger partial charge in [-0.3, -0.25) is 0 Å². The average molecular weight is 320 g/mol. The minimum Gasteiger partial charge on any atom is -0.469 e. The van der Waals surface area contributed by atoms with Crippen LogP contribution in [0.25, 0.3) is 0 Å². The van der Waals surface area contributed by atoms with Gasteiger partial charge in [0.2, 0.25) is 0 Å². The van der Waals surface area contributed by atoms with E-state index in [1.54, 1.807) is 6.26 Å². The topological polar surface area (TPSA) is 25.2 Å². The Morgan fingerprint density at radius 1 is 1.21 bits per heavy atom. The Hall–Kier alpha value is -1.06. The van der Waals surface area contributed by atoms with E-state index in [1.807, 2.05) is 6.07 Å². The molecule has 1 saturated carbocycles. The predicted octanol–water partition coefficient (Wildman–Crippen LogP) is 4.12. The maximum absolute atomic E-state index is 5.50. The van der Waals surface area contributed by atoms with Crippen molar-refractivity contribution in [2.24, 2.45) is 0 Å². The van der Waals surface area contributed by atoms with Crippen molar-refractivity contribution in [2.75, 3.05) is 6.54 Å². The fourth-order valence-corrected chi connectivity index (χ4v) is 2.97. The van der Waals surface area contributed by atoms with Crippen LogP contribution in [-0.2, 0) is 6.42 Å². The van der Waals surface area contributed by atoms with E-state index in [4.69, 9.17) is 4.42 Å². The molecule has 2 nitrogen and oxygen atoms in total. The highest BCUT2D eigenvalue weighted by Crippen LogP contribution is 2.29. The molecule has 1 unspecified atom stereocenters. The van der Waals surface area contributed by atoms with E-state index in [0.717, 1.165) is 24.8 Å². The predicted molar refractivity (Wildman–Crippen MR) is 80.3 cm³/mol. The van der Waals surface area contributed by atoms with E-state index >= 15 is 0 Å². The second-order valence-electron chi connectivity index (χ2n) is 5.18. The normalized spacial score (nSPS) is 16.5. The number of nitrogens with one attached hydrogen (secondary N) is 1. The first-order chi connectivity index (χ1) is 9.33. The van der Waals surface area contributed by atoms with Gasteiger partial charge in [-0.25, -0.2) is 0 Å². The molecular weight excluding hydrogens is 302 g/mol. The highest BCUT2D eigenvalue weighted by atomic mass is 79.9. The minimum absolute atomic E-state index is 0.447. The van der Waals surface area contributed by atoms with Crippen molar-refractivity contribution >= 4 is 15.9 Å². The Morgan fingerprint density at radius 2 is 2.05 bits per heavy atom. The van der Waals surface area contributed by atoms with Gasteiger partial charge in [0.05, 0.1) is 6.26 Å². The number of hydrogen-bond acceptors (Lipinski definition) is 2. The Kier molecular flexibility index (Phi) is 4.04. The van der Waals surface area contributed by atoms with Gasteiger partial charge in [0, 0.05) is 29.4 Å². The summed E-state index contributed by atoms with van der Waals surface area (Å²) in [5, 5.41) is 3.63. The zero-order chi connectivity index (χ0) is 13.1. The van der Waals surface area contributed by atoms with Crippen LogP contribution in [0, 0.1) is 0 Å². The average Bonchev–Trinajstić information content (AvgIpc) is 3.11. The monoisotopic (exact) mass is 319 g/mol. The van der Waals surface area contributed by atoms with Gasteiger partial charge >= 0.3 is 0 Å². The molecule has 0 saturated heterocycles. The van der Waals surface area contributed by atoms with Crippen LogP contribution in [0.3, 0.4) is 0 Å². The van der Waals surface area contributed by atoms with Gasteiger partial charge in [-0.1, -0.05) is 34.1 Å². The van der Waals surface area contributed by atoms with Crippen LogP contribution in [0.2, 0.25) is 0 Å². The zero-order valence-electron chi connectivity index (χ0n) is 10.8. The summed E-state index contributed by atoms with van der Waals surface area (Å²) in [4.78, 5) is 0. The molecule has 3 heteroatoms. The minimum atomic E-state index is 0.447. The highest BCUT2D eigenvalue weighted by molar-refractivity contribution is 9.10. The first-order valence-corrected chi connectivity index (χ1v) is 7.62. The molecule has 3 rings (SSSR count). The van der Waals surface area contributed by atoms with E-state index in [0.29, 0.717) is 5.92 Å². The van der Waals surface area contributed by atoms with Crippen LogP contribution < -0.4 is 5.32 Å². The maximum atomic E-state index is 5.50. The lowest BCUT2D eigenvalue weighted by Gasteiger charge is -2.18. The van der Waals surface area contributed by atoms with Crippen LogP contribution >= 0.6 is 15.9 Å². The largest absolute Gasteiger partial charge is 0.469 e. The molecule has 1 aliphatic carbocycles. The smallest absolute Gasteiger partial charge is 0.104 e. The summed E-state index contributed by atoms with van der Waals surface area (Å²) in [6.07, 6.45) is 5.34. The van der Waals surface area contributed by atoms with Crippen LogP contribution in [0.4, 0.5) is 0 Å². The van der Waals surface area contributed by atoms with Crippen LogP contribution in [0.5, 0.6) is 0 Å². The van der Waals surface area contributed by atoms with Crippen LogP contribution in [-0.4, -0.2) is 12.6 Å². The number of rotatable bonds is 6. The molecule has 1 heterocycles. The lowest BCUT2D eigenvalue weighted by atomic mass is 9.94. The quantitative estimate of drug-likeness (QED) is 0.866. The van der Waals surface area contributed by atoms with Crippen molar-refractivity contribution in [3.8, 4) is 0 Å². The molecular formula is C16H18BrNO. The summed E-state index contributed by atoms with van der Waals surface area (Å²) in [6.45, 7) is 1.01. The van der Waals surface area contributed by atoms with Crippen molar-refractivity contribution in [3.05, 3.63) is 58.5 Å². The molecule has 100 valence electrons. The van der Waals surface area contributed by atoms with Gasteiger partial charge in [-0.15, -0.1) is 0 Å². The Labute approximate surface area is 122 Å². The molecule has 1 aromatic heterocycles. The zero-order valence-corrected chi connectivity index (χ0v) is 12.4. The number of furan rings is 1. The van der Waals surface area contributed by atoms with Crippen molar-refractivity contribution in [3.63, 3.8) is 0 Å². The summed E-state index contributed by atoms with van der Waals surface area (Å²) in [6, 6.07) is 13.2. The first kappa shape index (κ1) is 12.9. The van der Waals surface area contributed by atoms with Crippen molar-refractivity contribution in [2.45, 2.75) is 31.2 Å². The van der Waals surface area contributed by atoms with E-state index in [-0.39, 0.29) is 0 Å². The molecule has 1 N–H and O–H groups in total. The summed E-state index contributed by atoms with van der Waals surface area (Å²) < 4.78 is 6.69. The molecule has 19 heavy (non-hydrogen) atoms. The SMILES string of the molecule is Brc1ccccc1C(CNC1CC1)Cc1ccco1. The molecule has 1 aromatic carbocycles. The summed E-state index contributed by atoms with van der Waals surface area (Å²) >= 11 is 3.67. The third kappa shape index (κ3) is 3.48. The second-order valence-corrected chi connectivity index (χ2v) is 6.04. The molecule has 2 aromatic rings. The molecule has 0 spiro atoms. The molecule has 1 atom stereocenters. The van der Waals surface area contributed by atoms with Gasteiger partial charge in [0.1, 0.15) is 5.76 Å². The third-order valence-electron chi connectivity index (χ3n) is 3.60. The third-order valence-corrected chi connectivity index (χ3v) is 4.33. The van der Waals surface area contributed by atoms with E-state index in [2.05, 4.69) is 51.6 Å². The lowest BCUT2D eigenvalue weighted by Crippen LogP contribution is -2.25. The summed E-state index contributed by atoms with van der Waals surface area (Å²) in [5.74, 6) is 1.50. The molecule has 0 radical (unpaired) electrons. The standard InChI is InChI=1S/C16H18BrNO/c17-16-6-2-1-5-15(16)12(11-18-13-7-8-13)10-14-4-3-9-19-14/h1-6,9,12-13,18H,7-8,10-11H2. The summed E-state index contributed by atoms with van der Waals surface area (Å²) in [7, 11) is 0. The van der Waals surface area contributed by atoms with Gasteiger partial charge in [-0.2, -0.15) is 0 Å². The van der Waals surface area contributed by atoms with E-state index < -0.39 is 0 Å². The summed E-state index contributed by atoms with van der Waals surface area (Å²) in [5.41, 5.74) is 1.35. The van der Waals surface area contributed by atoms with Crippen molar-refractivity contribution < 1.29 is 4.42 Å². The maximum Gasteiger partial charge on any atom is 0.104 e. The molecule has 0 bridgehead atoms. The lowest BCUT2D eigenvalue weighted by molar-refractivity contribution is 0.471. The molecule has 1 fully saturated rings. The van der Waals surface area contributed by atoms with Gasteiger partial charge in [0.25, 0.3) is 0 Å². The number of halogens is 1. The Morgan fingerprint density at radius 3 is 2.74 bits per heavy atom. The van der Waals surface area contributed by atoms with E-state index in [9.17, 15) is 0 Å². The molecule has 0 amide bonds. The van der Waals surface area contributed by atoms with Gasteiger partial charge < -0.3 is 9.73 Å². The second kappa shape index (κ2) is 5.93. The first-order valence-electron chi connectivity index (χ1n) is 6.83. The molecule has 1 aliphatic rings. The Bertz CT molecular complexity index is 519. The highest BCUT2D eigenvalue weighted by Gasteiger charge is 2.23.